The Morgan fingerprint density at radius 3 is 2.90 bits per heavy atom. The Hall–Kier alpha value is -2.34. The third-order valence-corrected chi connectivity index (χ3v) is 4.58. The van der Waals surface area contributed by atoms with Crippen molar-refractivity contribution in [1.82, 2.24) is 50.3 Å². The molecule has 0 bridgehead atoms. The molecule has 0 N–H and O–H groups in total. The van der Waals surface area contributed by atoms with E-state index < -0.39 is 0 Å². The van der Waals surface area contributed by atoms with E-state index in [1.807, 2.05) is 6.26 Å². The van der Waals surface area contributed by atoms with Crippen LogP contribution in [-0.4, -0.2) is 56.6 Å². The lowest BCUT2D eigenvalue weighted by atomic mass is 10.5. The minimum Gasteiger partial charge on any atom is -0.304 e. The highest BCUT2D eigenvalue weighted by atomic mass is 32.2. The Morgan fingerprint density at radius 2 is 2.00 bits per heavy atom. The molecular formula is C9H6N10S2. The summed E-state index contributed by atoms with van der Waals surface area (Å²) in [6.45, 7) is 0.381. The molecule has 0 unspecified atom stereocenters. The van der Waals surface area contributed by atoms with Crippen molar-refractivity contribution in [2.45, 2.75) is 10.9 Å². The maximum absolute atomic E-state index is 4.46. The van der Waals surface area contributed by atoms with E-state index in [4.69, 9.17) is 0 Å². The molecule has 0 spiro atoms. The van der Waals surface area contributed by atoms with Gasteiger partial charge in [-0.1, -0.05) is 23.1 Å². The lowest BCUT2D eigenvalue weighted by molar-refractivity contribution is 0.720. The molecule has 0 aliphatic carbocycles. The molecule has 10 nitrogen and oxygen atoms in total. The molecule has 4 aromatic rings. The van der Waals surface area contributed by atoms with Gasteiger partial charge in [0, 0.05) is 0 Å². The summed E-state index contributed by atoms with van der Waals surface area (Å²) in [4.78, 5) is 13.6. The second kappa shape index (κ2) is 4.89. The van der Waals surface area contributed by atoms with E-state index in [1.54, 1.807) is 22.7 Å². The van der Waals surface area contributed by atoms with Crippen molar-refractivity contribution < 1.29 is 0 Å². The van der Waals surface area contributed by atoms with Crippen molar-refractivity contribution >= 4 is 44.9 Å². The van der Waals surface area contributed by atoms with Crippen LogP contribution in [0.25, 0.3) is 21.8 Å². The number of rotatable bonds is 3. The van der Waals surface area contributed by atoms with Crippen LogP contribution in [0.5, 0.6) is 0 Å². The van der Waals surface area contributed by atoms with Gasteiger partial charge in [0.2, 0.25) is 16.9 Å². The molecule has 4 rings (SSSR count). The van der Waals surface area contributed by atoms with Crippen LogP contribution in [0.15, 0.2) is 10.7 Å². The predicted octanol–water partition coefficient (Wildman–Crippen LogP) is 0.181. The molecule has 4 heterocycles. The Balaban J connectivity index is 1.73. The normalized spacial score (nSPS) is 11.5. The smallest absolute Gasteiger partial charge is 0.223 e. The van der Waals surface area contributed by atoms with Crippen LogP contribution in [0.2, 0.25) is 0 Å². The summed E-state index contributed by atoms with van der Waals surface area (Å²) >= 11 is 3.05. The molecule has 12 heteroatoms. The molecule has 0 amide bonds. The van der Waals surface area contributed by atoms with Gasteiger partial charge in [-0.2, -0.15) is 0 Å². The third kappa shape index (κ3) is 2.17. The van der Waals surface area contributed by atoms with Crippen LogP contribution in [0.1, 0.15) is 5.82 Å². The van der Waals surface area contributed by atoms with Crippen molar-refractivity contribution in [2.24, 2.45) is 0 Å². The first-order valence-corrected chi connectivity index (χ1v) is 7.78. The lowest BCUT2D eigenvalue weighted by Crippen LogP contribution is -2.06. The molecular weight excluding hydrogens is 312 g/mol. The van der Waals surface area contributed by atoms with Crippen LogP contribution in [0.4, 0.5) is 0 Å². The van der Waals surface area contributed by atoms with E-state index in [1.165, 1.54) is 11.3 Å². The molecule has 4 aromatic heterocycles. The minimum absolute atomic E-state index is 0.381. The summed E-state index contributed by atoms with van der Waals surface area (Å²) < 4.78 is 2.66. The largest absolute Gasteiger partial charge is 0.304 e. The molecule has 0 aromatic carbocycles. The highest BCUT2D eigenvalue weighted by Crippen LogP contribution is 2.25. The molecule has 104 valence electrons. The number of thiazole rings is 1. The van der Waals surface area contributed by atoms with E-state index in [-0.39, 0.29) is 0 Å². The molecule has 0 atom stereocenters. The molecule has 0 aliphatic rings. The van der Waals surface area contributed by atoms with Crippen LogP contribution < -0.4 is 0 Å². The molecule has 21 heavy (non-hydrogen) atoms. The van der Waals surface area contributed by atoms with E-state index in [0.29, 0.717) is 29.3 Å². The van der Waals surface area contributed by atoms with Gasteiger partial charge in [0.25, 0.3) is 0 Å². The molecule has 0 radical (unpaired) electrons. The molecule has 0 aliphatic heterocycles. The topological polar surface area (TPSA) is 121 Å². The fourth-order valence-corrected chi connectivity index (χ4v) is 3.13. The summed E-state index contributed by atoms with van der Waals surface area (Å²) in [5.41, 5.74) is 1.53. The zero-order valence-corrected chi connectivity index (χ0v) is 12.2. The standard InChI is InChI=1S/C9H6N10S2/c1-20-9-12-6-8(21-9)11-4(13-14-6)2-19-3-10-5-7(19)16-18-17-15-5/h3H,2H2,1H3. The number of aromatic nitrogens is 10. The van der Waals surface area contributed by atoms with Gasteiger partial charge in [0.05, 0.1) is 12.9 Å². The van der Waals surface area contributed by atoms with Gasteiger partial charge in [-0.25, -0.2) is 15.0 Å². The quantitative estimate of drug-likeness (QED) is 0.483. The highest BCUT2D eigenvalue weighted by molar-refractivity contribution is 8.00. The van der Waals surface area contributed by atoms with Crippen molar-refractivity contribution in [2.75, 3.05) is 6.26 Å². The monoisotopic (exact) mass is 318 g/mol. The van der Waals surface area contributed by atoms with Crippen molar-refractivity contribution in [3.05, 3.63) is 12.2 Å². The van der Waals surface area contributed by atoms with E-state index in [9.17, 15) is 0 Å². The summed E-state index contributed by atoms with van der Waals surface area (Å²) in [6, 6.07) is 0. The van der Waals surface area contributed by atoms with E-state index in [2.05, 4.69) is 45.8 Å². The summed E-state index contributed by atoms with van der Waals surface area (Å²) in [5, 5.41) is 22.8. The zero-order valence-electron chi connectivity index (χ0n) is 10.6. The molecule has 0 fully saturated rings. The van der Waals surface area contributed by atoms with Gasteiger partial charge in [0.15, 0.2) is 15.0 Å². The maximum atomic E-state index is 4.46. The summed E-state index contributed by atoms with van der Waals surface area (Å²) in [6.07, 6.45) is 3.56. The first-order valence-electron chi connectivity index (χ1n) is 5.74. The SMILES string of the molecule is CSc1nc2nnc(Cn3cnc4nnnnc43)nc2s1. The summed E-state index contributed by atoms with van der Waals surface area (Å²) in [7, 11) is 0. The Bertz CT molecular complexity index is 930. The van der Waals surface area contributed by atoms with Gasteiger partial charge >= 0.3 is 0 Å². The number of fused-ring (bicyclic) bond motifs is 2. The number of hydrogen-bond donors (Lipinski definition) is 0. The maximum Gasteiger partial charge on any atom is 0.223 e. The Labute approximate surface area is 125 Å². The van der Waals surface area contributed by atoms with Crippen LogP contribution >= 0.6 is 23.1 Å². The number of imidazole rings is 1. The number of nitrogens with zero attached hydrogens (tertiary/aromatic N) is 10. The third-order valence-electron chi connectivity index (χ3n) is 2.66. The van der Waals surface area contributed by atoms with Crippen molar-refractivity contribution in [1.29, 1.82) is 0 Å². The second-order valence-electron chi connectivity index (χ2n) is 3.94. The van der Waals surface area contributed by atoms with Gasteiger partial charge in [0.1, 0.15) is 0 Å². The van der Waals surface area contributed by atoms with E-state index in [0.717, 1.165) is 9.17 Å². The van der Waals surface area contributed by atoms with E-state index >= 15 is 0 Å². The molecule has 0 saturated carbocycles. The average molecular weight is 318 g/mol. The van der Waals surface area contributed by atoms with Gasteiger partial charge in [-0.05, 0) is 16.7 Å². The second-order valence-corrected chi connectivity index (χ2v) is 5.97. The Morgan fingerprint density at radius 1 is 1.10 bits per heavy atom. The fraction of sp³-hybridized carbons (Fsp3) is 0.222. The van der Waals surface area contributed by atoms with Crippen molar-refractivity contribution in [3.63, 3.8) is 0 Å². The van der Waals surface area contributed by atoms with Gasteiger partial charge in [-0.3, -0.25) is 0 Å². The first kappa shape index (κ1) is 12.4. The summed E-state index contributed by atoms with van der Waals surface area (Å²) in [5.74, 6) is 0.553. The van der Waals surface area contributed by atoms with Crippen molar-refractivity contribution in [3.8, 4) is 0 Å². The van der Waals surface area contributed by atoms with Gasteiger partial charge < -0.3 is 4.57 Å². The minimum atomic E-state index is 0.381. The highest BCUT2D eigenvalue weighted by Gasteiger charge is 2.11. The zero-order chi connectivity index (χ0) is 14.2. The Kier molecular flexibility index (Phi) is 2.89. The number of hydrogen-bond acceptors (Lipinski definition) is 11. The van der Waals surface area contributed by atoms with Crippen LogP contribution in [0.3, 0.4) is 0 Å². The van der Waals surface area contributed by atoms with Gasteiger partial charge in [-0.15, -0.1) is 20.4 Å². The molecule has 0 saturated heterocycles. The predicted molar refractivity (Wildman–Crippen MR) is 74.8 cm³/mol. The van der Waals surface area contributed by atoms with Crippen LogP contribution in [0, 0.1) is 0 Å². The fourth-order valence-electron chi connectivity index (χ4n) is 1.75. The first-order chi connectivity index (χ1) is 10.3. The lowest BCUT2D eigenvalue weighted by Gasteiger charge is -2.00. The van der Waals surface area contributed by atoms with Crippen LogP contribution in [-0.2, 0) is 6.54 Å². The average Bonchev–Trinajstić information content (AvgIpc) is 3.11. The number of thioether (sulfide) groups is 1.